The second-order valence-corrected chi connectivity index (χ2v) is 11.8. The Labute approximate surface area is 227 Å². The number of ether oxygens (including phenoxy) is 1. The zero-order valence-electron chi connectivity index (χ0n) is 21.7. The smallest absolute Gasteiger partial charge is 0.267 e. The van der Waals surface area contributed by atoms with Crippen molar-refractivity contribution in [3.63, 3.8) is 0 Å². The Morgan fingerprint density at radius 1 is 1.18 bits per heavy atom. The number of rotatable bonds is 8. The van der Waals surface area contributed by atoms with Gasteiger partial charge in [-0.15, -0.1) is 12.3 Å². The van der Waals surface area contributed by atoms with Crippen LogP contribution < -0.4 is 10.1 Å². The van der Waals surface area contributed by atoms with Gasteiger partial charge >= 0.3 is 0 Å². The van der Waals surface area contributed by atoms with E-state index < -0.39 is 27.3 Å². The molecule has 4 rings (SSSR count). The van der Waals surface area contributed by atoms with Crippen LogP contribution in [0.3, 0.4) is 0 Å². The zero-order chi connectivity index (χ0) is 28.0. The van der Waals surface area contributed by atoms with Crippen molar-refractivity contribution >= 4 is 27.3 Å². The molecule has 1 fully saturated rings. The average Bonchev–Trinajstić information content (AvgIpc) is 2.90. The lowest BCUT2D eigenvalue weighted by Gasteiger charge is -2.28. The molecule has 1 aromatic carbocycles. The maximum absolute atomic E-state index is 14.6. The lowest BCUT2D eigenvalue weighted by Crippen LogP contribution is -2.36. The molecule has 2 aromatic heterocycles. The lowest BCUT2D eigenvalue weighted by molar-refractivity contribution is -0.119. The quantitative estimate of drug-likeness (QED) is 0.406. The monoisotopic (exact) mass is 553 g/mol. The number of terminal acetylenes is 1. The number of anilines is 2. The highest BCUT2D eigenvalue weighted by Gasteiger charge is 2.20. The number of nitrogens with zero attached hydrogens (tertiary/aromatic N) is 4. The van der Waals surface area contributed by atoms with Gasteiger partial charge in [-0.25, -0.2) is 23.0 Å². The maximum Gasteiger partial charge on any atom is 0.267 e. The van der Waals surface area contributed by atoms with Crippen molar-refractivity contribution in [3.05, 3.63) is 66.0 Å². The fourth-order valence-electron chi connectivity index (χ4n) is 4.40. The molecule has 0 saturated carbocycles. The minimum Gasteiger partial charge on any atom is -0.496 e. The van der Waals surface area contributed by atoms with E-state index in [9.17, 15) is 17.8 Å². The first kappa shape index (κ1) is 28.1. The van der Waals surface area contributed by atoms with E-state index in [-0.39, 0.29) is 35.3 Å². The van der Waals surface area contributed by atoms with E-state index in [0.29, 0.717) is 30.0 Å². The molecule has 0 bridgehead atoms. The molecule has 0 radical (unpaired) electrons. The second-order valence-electron chi connectivity index (χ2n) is 9.37. The minimum atomic E-state index is -2.85. The van der Waals surface area contributed by atoms with E-state index in [2.05, 4.69) is 25.6 Å². The molecule has 0 aliphatic carbocycles. The van der Waals surface area contributed by atoms with Crippen LogP contribution in [0.4, 0.5) is 20.4 Å². The first-order chi connectivity index (χ1) is 18.7. The lowest BCUT2D eigenvalue weighted by atomic mass is 9.98. The molecule has 1 amide bonds. The van der Waals surface area contributed by atoms with Crippen LogP contribution in [0.2, 0.25) is 0 Å². The van der Waals surface area contributed by atoms with Gasteiger partial charge in [-0.1, -0.05) is 0 Å². The fourth-order valence-corrected chi connectivity index (χ4v) is 5.75. The number of hydrogen-bond donors (Lipinski definition) is 1. The summed E-state index contributed by atoms with van der Waals surface area (Å²) in [5.41, 5.74) is 1.17. The van der Waals surface area contributed by atoms with Crippen molar-refractivity contribution in [3.8, 4) is 29.2 Å². The molecule has 11 heteroatoms. The Morgan fingerprint density at radius 3 is 2.64 bits per heavy atom. The third-order valence-electron chi connectivity index (χ3n) is 6.30. The van der Waals surface area contributed by atoms with Crippen LogP contribution >= 0.6 is 0 Å². The number of benzene rings is 1. The van der Waals surface area contributed by atoms with E-state index in [0.717, 1.165) is 19.0 Å². The molecule has 1 aliphatic heterocycles. The van der Waals surface area contributed by atoms with Crippen LogP contribution in [0.15, 0.2) is 53.2 Å². The highest BCUT2D eigenvalue weighted by molar-refractivity contribution is 7.92. The van der Waals surface area contributed by atoms with Crippen molar-refractivity contribution in [1.29, 1.82) is 0 Å². The summed E-state index contributed by atoms with van der Waals surface area (Å²) in [7, 11) is -1.47. The number of carbonyl (C=O) groups excluding carboxylic acids is 1. The van der Waals surface area contributed by atoms with Gasteiger partial charge in [0.05, 0.1) is 35.3 Å². The highest BCUT2D eigenvalue weighted by Crippen LogP contribution is 2.33. The summed E-state index contributed by atoms with van der Waals surface area (Å²) in [4.78, 5) is 22.8. The third kappa shape index (κ3) is 7.59. The van der Waals surface area contributed by atoms with Crippen molar-refractivity contribution in [2.45, 2.75) is 18.6 Å². The van der Waals surface area contributed by atoms with Crippen molar-refractivity contribution in [1.82, 2.24) is 14.9 Å². The van der Waals surface area contributed by atoms with Gasteiger partial charge in [-0.2, -0.15) is 4.36 Å². The van der Waals surface area contributed by atoms with E-state index >= 15 is 0 Å². The largest absolute Gasteiger partial charge is 0.496 e. The van der Waals surface area contributed by atoms with Gasteiger partial charge in [-0.3, -0.25) is 9.69 Å². The molecule has 204 valence electrons. The van der Waals surface area contributed by atoms with E-state index in [1.165, 1.54) is 43.8 Å². The van der Waals surface area contributed by atoms with Gasteiger partial charge in [0, 0.05) is 35.6 Å². The summed E-state index contributed by atoms with van der Waals surface area (Å²) in [6.07, 6.45) is 11.2. The number of nitrogens with one attached hydrogen (secondary N) is 1. The van der Waals surface area contributed by atoms with E-state index in [1.807, 2.05) is 4.90 Å². The summed E-state index contributed by atoms with van der Waals surface area (Å²) in [5, 5.41) is 3.00. The van der Waals surface area contributed by atoms with Crippen LogP contribution in [0, 0.1) is 29.9 Å². The molecule has 3 heterocycles. The number of likely N-dealkylation sites (tertiary alicyclic amines) is 1. The number of amides is 1. The standard InChI is InChI=1S/C28H29F2N5O3S/c1-4-19-8-11-35(12-9-19)17-28(36)34-39(3,37)18-20-7-10-31-26(13-20)33-27-15-23(24(30)16-32-27)22-6-5-21(29)14-25(22)38-2/h1,5-7,10,13-16,19H,8-9,11-12,17-18H2,2-3H3,(H,31,32,33). The summed E-state index contributed by atoms with van der Waals surface area (Å²) >= 11 is 0. The number of halogens is 2. The number of hydrogen-bond acceptors (Lipinski definition) is 7. The molecule has 1 saturated heterocycles. The van der Waals surface area contributed by atoms with Crippen LogP contribution in [0.1, 0.15) is 18.4 Å². The highest BCUT2D eigenvalue weighted by atomic mass is 32.2. The normalized spacial score (nSPS) is 15.7. The SMILES string of the molecule is C#CC1CCN(CC(=O)N=S(C)(=O)Cc2ccnc(Nc3cc(-c4ccc(F)cc4OC)c(F)cn3)c2)CC1. The van der Waals surface area contributed by atoms with E-state index in [4.69, 9.17) is 11.2 Å². The van der Waals surface area contributed by atoms with Crippen LogP contribution in [0.5, 0.6) is 5.75 Å². The van der Waals surface area contributed by atoms with Gasteiger partial charge in [0.15, 0.2) is 0 Å². The molecular formula is C28H29F2N5O3S. The van der Waals surface area contributed by atoms with Crippen LogP contribution in [0.25, 0.3) is 11.1 Å². The first-order valence-electron chi connectivity index (χ1n) is 12.3. The Bertz CT molecular complexity index is 1520. The molecule has 8 nitrogen and oxygen atoms in total. The van der Waals surface area contributed by atoms with Gasteiger partial charge in [-0.05, 0) is 61.8 Å². The molecule has 1 aliphatic rings. The molecule has 1 atom stereocenters. The zero-order valence-corrected chi connectivity index (χ0v) is 22.5. The number of methoxy groups -OCH3 is 1. The predicted octanol–water partition coefficient (Wildman–Crippen LogP) is 4.64. The summed E-state index contributed by atoms with van der Waals surface area (Å²) in [5.74, 6) is 2.34. The Morgan fingerprint density at radius 2 is 1.92 bits per heavy atom. The number of pyridine rings is 2. The molecule has 1 N–H and O–H groups in total. The number of piperidine rings is 1. The third-order valence-corrected chi connectivity index (χ3v) is 7.76. The summed E-state index contributed by atoms with van der Waals surface area (Å²) in [6.45, 7) is 1.55. The minimum absolute atomic E-state index is 0.0456. The van der Waals surface area contributed by atoms with Gasteiger partial charge in [0.1, 0.15) is 29.0 Å². The van der Waals surface area contributed by atoms with Crippen LogP contribution in [-0.2, 0) is 20.3 Å². The van der Waals surface area contributed by atoms with Crippen molar-refractivity contribution in [2.24, 2.45) is 10.3 Å². The number of carbonyl (C=O) groups is 1. The maximum atomic E-state index is 14.6. The van der Waals surface area contributed by atoms with Gasteiger partial charge in [0.25, 0.3) is 5.91 Å². The summed E-state index contributed by atoms with van der Waals surface area (Å²) in [6, 6.07) is 8.63. The Hall–Kier alpha value is -3.88. The summed E-state index contributed by atoms with van der Waals surface area (Å²) < 4.78 is 50.6. The topological polar surface area (TPSA) is 96.8 Å². The Kier molecular flexibility index (Phi) is 8.89. The van der Waals surface area contributed by atoms with E-state index in [1.54, 1.807) is 12.1 Å². The predicted molar refractivity (Wildman–Crippen MR) is 147 cm³/mol. The first-order valence-corrected chi connectivity index (χ1v) is 14.4. The average molecular weight is 554 g/mol. The van der Waals surface area contributed by atoms with Gasteiger partial charge in [0.2, 0.25) is 0 Å². The molecular weight excluding hydrogens is 524 g/mol. The van der Waals surface area contributed by atoms with Crippen LogP contribution in [-0.4, -0.2) is 58.0 Å². The molecule has 0 spiro atoms. The van der Waals surface area contributed by atoms with Gasteiger partial charge < -0.3 is 10.1 Å². The van der Waals surface area contributed by atoms with Crippen molar-refractivity contribution in [2.75, 3.05) is 38.3 Å². The van der Waals surface area contributed by atoms with Crippen molar-refractivity contribution < 1.29 is 22.5 Å². The fraction of sp³-hybridized carbons (Fsp3) is 0.321. The molecule has 39 heavy (non-hydrogen) atoms. The Balaban J connectivity index is 1.46. The molecule has 1 unspecified atom stereocenters. The second kappa shape index (κ2) is 12.3. The number of aromatic nitrogens is 2. The molecule has 3 aromatic rings.